The first kappa shape index (κ1) is 16.9. The van der Waals surface area contributed by atoms with Crippen LogP contribution < -0.4 is 5.73 Å². The molecule has 0 fully saturated rings. The highest BCUT2D eigenvalue weighted by atomic mass is 32.2. The molecule has 0 aliphatic rings. The molecule has 25 heavy (non-hydrogen) atoms. The Morgan fingerprint density at radius 3 is 2.80 bits per heavy atom. The second-order valence-corrected chi connectivity index (χ2v) is 7.76. The third-order valence-electron chi connectivity index (χ3n) is 3.66. The standard InChI is InChI=1S/C16H16FN5O2S/c1-10-16(21-25(2,24)13-5-3-4-12(17)8-13)22-9-11(15(18)20-23)6-7-14(22)19-10/h3-9,23H,1-2H3,(H2,18,20). The number of nitrogens with two attached hydrogens (primary N) is 1. The van der Waals surface area contributed by atoms with E-state index in [2.05, 4.69) is 14.5 Å². The number of rotatable bonds is 3. The Kier molecular flexibility index (Phi) is 4.17. The molecule has 2 aromatic heterocycles. The summed E-state index contributed by atoms with van der Waals surface area (Å²) in [5, 5.41) is 11.8. The first-order chi connectivity index (χ1) is 11.8. The summed E-state index contributed by atoms with van der Waals surface area (Å²) in [5.41, 5.74) is 7.20. The molecule has 0 amide bonds. The molecule has 1 unspecified atom stereocenters. The fraction of sp³-hybridized carbons (Fsp3) is 0.125. The predicted molar refractivity (Wildman–Crippen MR) is 93.3 cm³/mol. The first-order valence-electron chi connectivity index (χ1n) is 7.26. The maximum absolute atomic E-state index is 13.5. The molecular weight excluding hydrogens is 345 g/mol. The minimum atomic E-state index is -2.90. The van der Waals surface area contributed by atoms with Gasteiger partial charge in [0, 0.05) is 18.0 Å². The van der Waals surface area contributed by atoms with Crippen molar-refractivity contribution in [2.75, 3.05) is 6.26 Å². The number of nitrogens with zero attached hydrogens (tertiary/aromatic N) is 4. The Bertz CT molecular complexity index is 1110. The molecule has 0 aliphatic carbocycles. The number of aryl methyl sites for hydroxylation is 1. The smallest absolute Gasteiger partial charge is 0.171 e. The Hall–Kier alpha value is -2.94. The number of aromatic nitrogens is 2. The third kappa shape index (κ3) is 3.18. The van der Waals surface area contributed by atoms with Crippen LogP contribution in [0.1, 0.15) is 11.3 Å². The van der Waals surface area contributed by atoms with Gasteiger partial charge in [-0.2, -0.15) is 4.36 Å². The second-order valence-electron chi connectivity index (χ2n) is 5.50. The van der Waals surface area contributed by atoms with Crippen molar-refractivity contribution in [1.82, 2.24) is 9.38 Å². The molecule has 0 radical (unpaired) electrons. The topological polar surface area (TPSA) is 105 Å². The quantitative estimate of drug-likeness (QED) is 0.324. The van der Waals surface area contributed by atoms with E-state index in [4.69, 9.17) is 10.9 Å². The molecule has 1 aromatic carbocycles. The van der Waals surface area contributed by atoms with Gasteiger partial charge in [0.1, 0.15) is 11.5 Å². The van der Waals surface area contributed by atoms with Crippen LogP contribution in [0.25, 0.3) is 5.65 Å². The van der Waals surface area contributed by atoms with Crippen LogP contribution in [0.3, 0.4) is 0 Å². The third-order valence-corrected chi connectivity index (χ3v) is 5.31. The fourth-order valence-corrected chi connectivity index (χ4v) is 3.71. The molecule has 7 nitrogen and oxygen atoms in total. The lowest BCUT2D eigenvalue weighted by molar-refractivity contribution is 0.318. The van der Waals surface area contributed by atoms with Crippen molar-refractivity contribution in [3.05, 3.63) is 59.7 Å². The van der Waals surface area contributed by atoms with Gasteiger partial charge in [0.2, 0.25) is 0 Å². The molecule has 3 rings (SSSR count). The summed E-state index contributed by atoms with van der Waals surface area (Å²) in [6.07, 6.45) is 3.03. The molecule has 3 aromatic rings. The van der Waals surface area contributed by atoms with E-state index in [9.17, 15) is 8.60 Å². The minimum absolute atomic E-state index is 0.0680. The number of halogens is 1. The number of fused-ring (bicyclic) bond motifs is 1. The summed E-state index contributed by atoms with van der Waals surface area (Å²) in [5.74, 6) is -0.188. The summed E-state index contributed by atoms with van der Waals surface area (Å²) < 4.78 is 32.4. The zero-order valence-electron chi connectivity index (χ0n) is 13.5. The number of hydrogen-bond donors (Lipinski definition) is 2. The number of amidine groups is 1. The molecule has 130 valence electrons. The minimum Gasteiger partial charge on any atom is -0.409 e. The van der Waals surface area contributed by atoms with Crippen molar-refractivity contribution in [1.29, 1.82) is 0 Å². The molecule has 0 saturated heterocycles. The fourth-order valence-electron chi connectivity index (χ4n) is 2.39. The van der Waals surface area contributed by atoms with E-state index in [1.165, 1.54) is 24.5 Å². The van der Waals surface area contributed by atoms with Crippen LogP contribution >= 0.6 is 0 Å². The first-order valence-corrected chi connectivity index (χ1v) is 9.18. The van der Waals surface area contributed by atoms with Crippen molar-refractivity contribution in [2.24, 2.45) is 15.3 Å². The summed E-state index contributed by atoms with van der Waals surface area (Å²) in [6, 6.07) is 8.86. The molecular formula is C16H16FN5O2S. The average Bonchev–Trinajstić information content (AvgIpc) is 2.88. The van der Waals surface area contributed by atoms with Gasteiger partial charge in [0.15, 0.2) is 11.7 Å². The van der Waals surface area contributed by atoms with Crippen molar-refractivity contribution in [3.8, 4) is 0 Å². The number of oxime groups is 1. The molecule has 2 heterocycles. The highest BCUT2D eigenvalue weighted by molar-refractivity contribution is 7.93. The highest BCUT2D eigenvalue weighted by Crippen LogP contribution is 2.25. The lowest BCUT2D eigenvalue weighted by atomic mass is 10.2. The largest absolute Gasteiger partial charge is 0.409 e. The lowest BCUT2D eigenvalue weighted by Gasteiger charge is -2.06. The van der Waals surface area contributed by atoms with Crippen molar-refractivity contribution >= 4 is 27.0 Å². The molecule has 0 spiro atoms. The van der Waals surface area contributed by atoms with Gasteiger partial charge in [-0.25, -0.2) is 13.6 Å². The van der Waals surface area contributed by atoms with Gasteiger partial charge < -0.3 is 10.9 Å². The number of pyridine rings is 1. The number of hydrogen-bond acceptors (Lipinski definition) is 5. The van der Waals surface area contributed by atoms with E-state index in [1.54, 1.807) is 35.7 Å². The Morgan fingerprint density at radius 2 is 2.12 bits per heavy atom. The monoisotopic (exact) mass is 361 g/mol. The van der Waals surface area contributed by atoms with E-state index in [0.717, 1.165) is 0 Å². The lowest BCUT2D eigenvalue weighted by Crippen LogP contribution is -2.13. The molecule has 0 bridgehead atoms. The molecule has 1 atom stereocenters. The Balaban J connectivity index is 2.24. The van der Waals surface area contributed by atoms with Crippen LogP contribution in [-0.2, 0) is 9.73 Å². The number of benzene rings is 1. The van der Waals surface area contributed by atoms with Crippen molar-refractivity contribution < 1.29 is 13.8 Å². The van der Waals surface area contributed by atoms with Gasteiger partial charge in [-0.15, -0.1) is 0 Å². The molecule has 9 heteroatoms. The van der Waals surface area contributed by atoms with Crippen molar-refractivity contribution in [3.63, 3.8) is 0 Å². The van der Waals surface area contributed by atoms with Gasteiger partial charge in [-0.05, 0) is 37.3 Å². The maximum atomic E-state index is 13.5. The maximum Gasteiger partial charge on any atom is 0.171 e. The van der Waals surface area contributed by atoms with Crippen LogP contribution in [-0.4, -0.2) is 30.9 Å². The summed E-state index contributed by atoms with van der Waals surface area (Å²) in [4.78, 5) is 4.65. The Morgan fingerprint density at radius 1 is 1.36 bits per heavy atom. The Labute approximate surface area is 143 Å². The predicted octanol–water partition coefficient (Wildman–Crippen LogP) is 2.66. The van der Waals surface area contributed by atoms with Crippen LogP contribution in [0.2, 0.25) is 0 Å². The van der Waals surface area contributed by atoms with E-state index < -0.39 is 15.5 Å². The zero-order valence-corrected chi connectivity index (χ0v) is 14.4. The van der Waals surface area contributed by atoms with E-state index in [-0.39, 0.29) is 10.7 Å². The van der Waals surface area contributed by atoms with Crippen LogP contribution in [0.5, 0.6) is 0 Å². The SMILES string of the molecule is Cc1nc2ccc(C(N)=NO)cn2c1N=S(C)(=O)c1cccc(F)c1. The summed E-state index contributed by atoms with van der Waals surface area (Å²) in [7, 11) is -2.90. The molecule has 3 N–H and O–H groups in total. The summed E-state index contributed by atoms with van der Waals surface area (Å²) >= 11 is 0. The molecule has 0 saturated carbocycles. The van der Waals surface area contributed by atoms with Gasteiger partial charge in [-0.3, -0.25) is 4.40 Å². The van der Waals surface area contributed by atoms with Crippen LogP contribution in [0.15, 0.2) is 57.0 Å². The van der Waals surface area contributed by atoms with Crippen LogP contribution in [0, 0.1) is 12.7 Å². The van der Waals surface area contributed by atoms with E-state index in [0.29, 0.717) is 22.7 Å². The van der Waals surface area contributed by atoms with Gasteiger partial charge in [-0.1, -0.05) is 11.2 Å². The second kappa shape index (κ2) is 6.17. The van der Waals surface area contributed by atoms with Gasteiger partial charge in [0.25, 0.3) is 0 Å². The average molecular weight is 361 g/mol. The van der Waals surface area contributed by atoms with Gasteiger partial charge >= 0.3 is 0 Å². The highest BCUT2D eigenvalue weighted by Gasteiger charge is 2.14. The van der Waals surface area contributed by atoms with E-state index in [1.807, 2.05) is 0 Å². The normalized spacial score (nSPS) is 14.4. The van der Waals surface area contributed by atoms with Crippen LogP contribution in [0.4, 0.5) is 10.2 Å². The van der Waals surface area contributed by atoms with Crippen molar-refractivity contribution in [2.45, 2.75) is 11.8 Å². The van der Waals surface area contributed by atoms with Gasteiger partial charge in [0.05, 0.1) is 20.3 Å². The number of imidazole rings is 1. The zero-order chi connectivity index (χ0) is 18.2. The van der Waals surface area contributed by atoms with E-state index >= 15 is 0 Å². The molecule has 0 aliphatic heterocycles. The summed E-state index contributed by atoms with van der Waals surface area (Å²) in [6.45, 7) is 1.73.